The number of rotatable bonds is 3. The summed E-state index contributed by atoms with van der Waals surface area (Å²) in [5, 5.41) is 0.367. The van der Waals surface area contributed by atoms with E-state index in [4.69, 9.17) is 27.3 Å². The van der Waals surface area contributed by atoms with E-state index in [-0.39, 0.29) is 0 Å². The molecule has 1 aromatic heterocycles. The fourth-order valence-corrected chi connectivity index (χ4v) is 3.45. The van der Waals surface area contributed by atoms with Crippen molar-refractivity contribution in [3.8, 4) is 11.3 Å². The summed E-state index contributed by atoms with van der Waals surface area (Å²) in [6.45, 7) is 2.03. The Morgan fingerprint density at radius 2 is 2.00 bits per heavy atom. The van der Waals surface area contributed by atoms with Crippen LogP contribution in [0.15, 0.2) is 18.2 Å². The van der Waals surface area contributed by atoms with Crippen molar-refractivity contribution in [3.05, 3.63) is 40.0 Å². The van der Waals surface area contributed by atoms with Crippen LogP contribution in [0.5, 0.6) is 0 Å². The van der Waals surface area contributed by atoms with Crippen LogP contribution in [-0.4, -0.2) is 29.0 Å². The maximum Gasteiger partial charge on any atom is 0.250 e. The number of aryl methyl sites for hydroxylation is 1. The van der Waals surface area contributed by atoms with Gasteiger partial charge in [0.2, 0.25) is 11.9 Å². The smallest absolute Gasteiger partial charge is 0.250 e. The van der Waals surface area contributed by atoms with Gasteiger partial charge in [-0.2, -0.15) is 0 Å². The van der Waals surface area contributed by atoms with Crippen molar-refractivity contribution in [3.63, 3.8) is 0 Å². The summed E-state index contributed by atoms with van der Waals surface area (Å²) < 4.78 is 0. The zero-order valence-electron chi connectivity index (χ0n) is 12.7. The predicted octanol–water partition coefficient (Wildman–Crippen LogP) is 2.59. The second-order valence-electron chi connectivity index (χ2n) is 6.05. The Balaban J connectivity index is 1.83. The number of nitrogens with zero attached hydrogens (tertiary/aromatic N) is 3. The Morgan fingerprint density at radius 1 is 1.17 bits per heavy atom. The number of hydrogen-bond acceptors (Lipinski definition) is 4. The molecular weight excluding hydrogens is 312 g/mol. The number of amides is 1. The van der Waals surface area contributed by atoms with Gasteiger partial charge in [-0.15, -0.1) is 0 Å². The molecule has 0 radical (unpaired) electrons. The van der Waals surface area contributed by atoms with Gasteiger partial charge in [0.05, 0.1) is 16.3 Å². The molecule has 2 heterocycles. The molecule has 1 amide bonds. The summed E-state index contributed by atoms with van der Waals surface area (Å²) in [6, 6.07) is 5.32. The van der Waals surface area contributed by atoms with Crippen LogP contribution in [0.1, 0.15) is 34.5 Å². The van der Waals surface area contributed by atoms with E-state index in [1.165, 1.54) is 12.0 Å². The van der Waals surface area contributed by atoms with Crippen LogP contribution in [0.25, 0.3) is 11.3 Å². The zero-order chi connectivity index (χ0) is 16.0. The van der Waals surface area contributed by atoms with Crippen molar-refractivity contribution in [1.29, 1.82) is 0 Å². The minimum Gasteiger partial charge on any atom is -0.366 e. The molecule has 0 spiro atoms. The molecule has 1 aliphatic carbocycles. The Hall–Kier alpha value is -2.14. The molecule has 5 nitrogen and oxygen atoms in total. The monoisotopic (exact) mass is 328 g/mol. The molecule has 0 unspecified atom stereocenters. The van der Waals surface area contributed by atoms with E-state index >= 15 is 0 Å². The third-order valence-electron chi connectivity index (χ3n) is 4.57. The molecule has 2 aromatic rings. The summed E-state index contributed by atoms with van der Waals surface area (Å²) >= 11 is 6.21. The fraction of sp³-hybridized carbons (Fsp3) is 0.353. The van der Waals surface area contributed by atoms with E-state index in [2.05, 4.69) is 4.90 Å². The largest absolute Gasteiger partial charge is 0.366 e. The van der Waals surface area contributed by atoms with E-state index in [9.17, 15) is 4.79 Å². The van der Waals surface area contributed by atoms with E-state index in [1.54, 1.807) is 12.1 Å². The maximum atomic E-state index is 11.4. The first-order valence-electron chi connectivity index (χ1n) is 7.88. The highest BCUT2D eigenvalue weighted by atomic mass is 35.5. The molecule has 118 valence electrons. The van der Waals surface area contributed by atoms with E-state index < -0.39 is 5.91 Å². The summed E-state index contributed by atoms with van der Waals surface area (Å²) in [5.74, 6) is 0.290. The number of carbonyl (C=O) groups excluding carboxylic acids is 1. The summed E-state index contributed by atoms with van der Waals surface area (Å²) in [7, 11) is 0. The number of hydrogen-bond donors (Lipinski definition) is 1. The lowest BCUT2D eigenvalue weighted by Gasteiger charge is -2.31. The van der Waals surface area contributed by atoms with Crippen LogP contribution < -0.4 is 10.6 Å². The van der Waals surface area contributed by atoms with Gasteiger partial charge in [0.15, 0.2) is 0 Å². The second-order valence-corrected chi connectivity index (χ2v) is 6.46. The molecule has 1 fully saturated rings. The first-order valence-corrected chi connectivity index (χ1v) is 8.26. The molecule has 0 atom stereocenters. The lowest BCUT2D eigenvalue weighted by Crippen LogP contribution is -2.38. The Morgan fingerprint density at radius 3 is 2.65 bits per heavy atom. The van der Waals surface area contributed by atoms with E-state index in [1.807, 2.05) is 6.07 Å². The standard InChI is InChI=1S/C17H17ClN4O/c18-13-9-10(5-6-11(13)16(19)23)15-12-3-1-4-14(12)20-17(21-15)22-7-2-8-22/h5-6,9H,1-4,7-8H2,(H2,19,23). The van der Waals surface area contributed by atoms with Crippen LogP contribution in [0, 0.1) is 0 Å². The lowest BCUT2D eigenvalue weighted by atomic mass is 10.0. The van der Waals surface area contributed by atoms with Gasteiger partial charge in [-0.25, -0.2) is 9.97 Å². The van der Waals surface area contributed by atoms with Gasteiger partial charge >= 0.3 is 0 Å². The summed E-state index contributed by atoms with van der Waals surface area (Å²) in [4.78, 5) is 23.1. The minimum absolute atomic E-state index is 0.337. The number of aromatic nitrogens is 2. The van der Waals surface area contributed by atoms with Gasteiger partial charge in [0.25, 0.3) is 0 Å². The molecule has 0 bridgehead atoms. The molecule has 1 saturated heterocycles. The number of benzene rings is 1. The van der Waals surface area contributed by atoms with Crippen LogP contribution in [-0.2, 0) is 12.8 Å². The second kappa shape index (κ2) is 5.49. The van der Waals surface area contributed by atoms with Crippen molar-refractivity contribution in [2.45, 2.75) is 25.7 Å². The summed E-state index contributed by atoms with van der Waals surface area (Å²) in [5.41, 5.74) is 9.87. The number of fused-ring (bicyclic) bond motifs is 1. The molecule has 6 heteroatoms. The van der Waals surface area contributed by atoms with Gasteiger partial charge in [0, 0.05) is 29.9 Å². The highest BCUT2D eigenvalue weighted by Crippen LogP contribution is 2.34. The van der Waals surface area contributed by atoms with Crippen molar-refractivity contribution in [1.82, 2.24) is 9.97 Å². The van der Waals surface area contributed by atoms with Crippen LogP contribution in [0.2, 0.25) is 5.02 Å². The highest BCUT2D eigenvalue weighted by molar-refractivity contribution is 6.34. The fourth-order valence-electron chi connectivity index (χ4n) is 3.18. The number of nitrogens with two attached hydrogens (primary N) is 1. The third kappa shape index (κ3) is 2.45. The SMILES string of the molecule is NC(=O)c1ccc(-c2nc(N3CCC3)nc3c2CCC3)cc1Cl. The van der Waals surface area contributed by atoms with Crippen molar-refractivity contribution < 1.29 is 4.79 Å². The topological polar surface area (TPSA) is 72.1 Å². The molecule has 2 aliphatic rings. The van der Waals surface area contributed by atoms with Gasteiger partial charge < -0.3 is 10.6 Å². The lowest BCUT2D eigenvalue weighted by molar-refractivity contribution is 0.100. The average molecular weight is 329 g/mol. The minimum atomic E-state index is -0.518. The third-order valence-corrected chi connectivity index (χ3v) is 4.88. The van der Waals surface area contributed by atoms with Gasteiger partial charge in [0.1, 0.15) is 0 Å². The average Bonchev–Trinajstić information content (AvgIpc) is 2.92. The predicted molar refractivity (Wildman–Crippen MR) is 89.9 cm³/mol. The van der Waals surface area contributed by atoms with Crippen LogP contribution >= 0.6 is 11.6 Å². The van der Waals surface area contributed by atoms with Gasteiger partial charge in [-0.05, 0) is 37.8 Å². The molecule has 23 heavy (non-hydrogen) atoms. The Bertz CT molecular complexity index is 801. The number of halogens is 1. The maximum absolute atomic E-state index is 11.4. The van der Waals surface area contributed by atoms with Crippen LogP contribution in [0.4, 0.5) is 5.95 Å². The van der Waals surface area contributed by atoms with Gasteiger partial charge in [-0.1, -0.05) is 17.7 Å². The molecule has 1 aromatic carbocycles. The van der Waals surface area contributed by atoms with Crippen molar-refractivity contribution in [2.24, 2.45) is 5.73 Å². The Kier molecular flexibility index (Phi) is 3.45. The normalized spacial score (nSPS) is 16.1. The quantitative estimate of drug-likeness (QED) is 0.940. The number of primary amides is 1. The summed E-state index contributed by atoms with van der Waals surface area (Å²) in [6.07, 6.45) is 4.28. The number of anilines is 1. The first kappa shape index (κ1) is 14.5. The van der Waals surface area contributed by atoms with Gasteiger partial charge in [-0.3, -0.25) is 4.79 Å². The van der Waals surface area contributed by atoms with Crippen molar-refractivity contribution in [2.75, 3.05) is 18.0 Å². The molecule has 4 rings (SSSR count). The van der Waals surface area contributed by atoms with E-state index in [0.29, 0.717) is 10.6 Å². The zero-order valence-corrected chi connectivity index (χ0v) is 13.4. The molecule has 1 aliphatic heterocycles. The van der Waals surface area contributed by atoms with E-state index in [0.717, 1.165) is 55.3 Å². The molecule has 0 saturated carbocycles. The van der Waals surface area contributed by atoms with Crippen molar-refractivity contribution >= 4 is 23.5 Å². The Labute approximate surface area is 139 Å². The number of carbonyl (C=O) groups is 1. The molecule has 2 N–H and O–H groups in total. The van der Waals surface area contributed by atoms with Crippen LogP contribution in [0.3, 0.4) is 0 Å². The highest BCUT2D eigenvalue weighted by Gasteiger charge is 2.25. The molecular formula is C17H17ClN4O. The first-order chi connectivity index (χ1) is 11.1.